The number of rotatable bonds is 4. The van der Waals surface area contributed by atoms with Crippen LogP contribution in [0.3, 0.4) is 0 Å². The van der Waals surface area contributed by atoms with Crippen molar-refractivity contribution < 1.29 is 12.8 Å². The van der Waals surface area contributed by atoms with Gasteiger partial charge in [0.15, 0.2) is 9.84 Å². The van der Waals surface area contributed by atoms with Crippen LogP contribution in [-0.4, -0.2) is 14.7 Å². The van der Waals surface area contributed by atoms with Crippen molar-refractivity contribution in [2.75, 3.05) is 11.6 Å². The van der Waals surface area contributed by atoms with Gasteiger partial charge in [-0.3, -0.25) is 0 Å². The maximum absolute atomic E-state index is 13.8. The van der Waals surface area contributed by atoms with E-state index in [2.05, 4.69) is 21.2 Å². The van der Waals surface area contributed by atoms with Crippen LogP contribution < -0.4 is 5.32 Å². The van der Waals surface area contributed by atoms with Crippen molar-refractivity contribution in [2.24, 2.45) is 0 Å². The highest BCUT2D eigenvalue weighted by molar-refractivity contribution is 9.10. The van der Waals surface area contributed by atoms with Crippen LogP contribution in [0.2, 0.25) is 0 Å². The van der Waals surface area contributed by atoms with Gasteiger partial charge in [0.2, 0.25) is 0 Å². The molecule has 0 spiro atoms. The Morgan fingerprint density at radius 3 is 2.57 bits per heavy atom. The molecule has 0 aliphatic rings. The maximum atomic E-state index is 13.8. The molecule has 0 fully saturated rings. The summed E-state index contributed by atoms with van der Waals surface area (Å²) in [7, 11) is -3.26. The van der Waals surface area contributed by atoms with Gasteiger partial charge in [-0.2, -0.15) is 0 Å². The van der Waals surface area contributed by atoms with E-state index in [-0.39, 0.29) is 16.8 Å². The van der Waals surface area contributed by atoms with Gasteiger partial charge in [0.05, 0.1) is 10.9 Å². The average molecular weight is 372 g/mol. The minimum Gasteiger partial charge on any atom is -0.378 e. The molecule has 3 nitrogen and oxygen atoms in total. The van der Waals surface area contributed by atoms with Crippen molar-refractivity contribution >= 4 is 31.5 Å². The Hall–Kier alpha value is -1.40. The zero-order chi connectivity index (χ0) is 15.6. The van der Waals surface area contributed by atoms with E-state index in [1.165, 1.54) is 12.1 Å². The lowest BCUT2D eigenvalue weighted by atomic mass is 10.1. The predicted molar refractivity (Wildman–Crippen MR) is 85.7 cm³/mol. The molecule has 0 aliphatic heterocycles. The highest BCUT2D eigenvalue weighted by Crippen LogP contribution is 2.25. The lowest BCUT2D eigenvalue weighted by molar-refractivity contribution is 0.598. The molecule has 0 amide bonds. The summed E-state index contributed by atoms with van der Waals surface area (Å²) in [6.07, 6.45) is 1.16. The summed E-state index contributed by atoms with van der Waals surface area (Å²) in [5.74, 6) is -0.308. The van der Waals surface area contributed by atoms with Gasteiger partial charge >= 0.3 is 0 Å². The molecular weight excluding hydrogens is 357 g/mol. The summed E-state index contributed by atoms with van der Waals surface area (Å²) < 4.78 is 37.7. The van der Waals surface area contributed by atoms with E-state index < -0.39 is 9.84 Å². The molecule has 21 heavy (non-hydrogen) atoms. The monoisotopic (exact) mass is 371 g/mol. The Kier molecular flexibility index (Phi) is 4.68. The molecule has 0 heterocycles. The van der Waals surface area contributed by atoms with Crippen molar-refractivity contribution in [3.05, 3.63) is 58.3 Å². The molecule has 0 radical (unpaired) electrons. The number of hydrogen-bond acceptors (Lipinski definition) is 3. The van der Waals surface area contributed by atoms with Crippen LogP contribution in [-0.2, 0) is 9.84 Å². The Morgan fingerprint density at radius 2 is 1.90 bits per heavy atom. The maximum Gasteiger partial charge on any atom is 0.175 e. The lowest BCUT2D eigenvalue weighted by Gasteiger charge is -2.17. The molecule has 0 bridgehead atoms. The van der Waals surface area contributed by atoms with E-state index >= 15 is 0 Å². The van der Waals surface area contributed by atoms with Gasteiger partial charge in [-0.1, -0.05) is 22.0 Å². The third-order valence-electron chi connectivity index (χ3n) is 3.07. The second-order valence-electron chi connectivity index (χ2n) is 4.83. The van der Waals surface area contributed by atoms with E-state index in [9.17, 15) is 12.8 Å². The summed E-state index contributed by atoms with van der Waals surface area (Å²) in [6.45, 7) is 1.82. The van der Waals surface area contributed by atoms with E-state index in [0.29, 0.717) is 11.3 Å². The fourth-order valence-electron chi connectivity index (χ4n) is 1.99. The summed E-state index contributed by atoms with van der Waals surface area (Å²) in [5.41, 5.74) is 1.14. The first-order valence-corrected chi connectivity index (χ1v) is 8.97. The van der Waals surface area contributed by atoms with Crippen molar-refractivity contribution in [1.29, 1.82) is 0 Å². The van der Waals surface area contributed by atoms with Gasteiger partial charge in [0, 0.05) is 22.0 Å². The highest BCUT2D eigenvalue weighted by Gasteiger charge is 2.13. The molecule has 6 heteroatoms. The van der Waals surface area contributed by atoms with Gasteiger partial charge < -0.3 is 5.32 Å². The Bertz CT molecular complexity index is 762. The van der Waals surface area contributed by atoms with Crippen molar-refractivity contribution in [1.82, 2.24) is 0 Å². The number of anilines is 1. The van der Waals surface area contributed by atoms with Crippen LogP contribution in [0.1, 0.15) is 18.5 Å². The standard InChI is InChI=1S/C15H15BrFNO2S/c1-10(14-8-11(16)6-7-15(14)17)18-12-4-3-5-13(9-12)21(2,19)20/h3-10,18H,1-2H3. The molecule has 2 rings (SSSR count). The molecule has 0 aliphatic carbocycles. The first kappa shape index (κ1) is 16.0. The normalized spacial score (nSPS) is 13.0. The van der Waals surface area contributed by atoms with E-state index in [0.717, 1.165) is 10.7 Å². The zero-order valence-electron chi connectivity index (χ0n) is 11.6. The van der Waals surface area contributed by atoms with Crippen LogP contribution in [0.4, 0.5) is 10.1 Å². The quantitative estimate of drug-likeness (QED) is 0.877. The summed E-state index contributed by atoms with van der Waals surface area (Å²) >= 11 is 3.31. The first-order valence-electron chi connectivity index (χ1n) is 6.29. The summed E-state index contributed by atoms with van der Waals surface area (Å²) in [5, 5.41) is 3.11. The minimum atomic E-state index is -3.26. The number of hydrogen-bond donors (Lipinski definition) is 1. The topological polar surface area (TPSA) is 46.2 Å². The van der Waals surface area contributed by atoms with Crippen LogP contribution in [0.5, 0.6) is 0 Å². The molecule has 112 valence electrons. The predicted octanol–water partition coefficient (Wildman–Crippen LogP) is 4.16. The minimum absolute atomic E-state index is 0.231. The fourth-order valence-corrected chi connectivity index (χ4v) is 3.04. The SMILES string of the molecule is CC(Nc1cccc(S(C)(=O)=O)c1)c1cc(Br)ccc1F. The summed E-state index contributed by atoms with van der Waals surface area (Å²) in [4.78, 5) is 0.231. The van der Waals surface area contributed by atoms with Gasteiger partial charge in [-0.15, -0.1) is 0 Å². The van der Waals surface area contributed by atoms with Crippen LogP contribution in [0.15, 0.2) is 51.8 Å². The van der Waals surface area contributed by atoms with Crippen molar-refractivity contribution in [3.8, 4) is 0 Å². The van der Waals surface area contributed by atoms with Crippen LogP contribution in [0.25, 0.3) is 0 Å². The van der Waals surface area contributed by atoms with E-state index in [1.54, 1.807) is 30.3 Å². The third-order valence-corrected chi connectivity index (χ3v) is 4.67. The molecule has 0 aromatic heterocycles. The van der Waals surface area contributed by atoms with E-state index in [4.69, 9.17) is 0 Å². The largest absolute Gasteiger partial charge is 0.378 e. The molecular formula is C15H15BrFNO2S. The van der Waals surface area contributed by atoms with Gasteiger partial charge in [0.1, 0.15) is 5.82 Å². The fraction of sp³-hybridized carbons (Fsp3) is 0.200. The van der Waals surface area contributed by atoms with Gasteiger partial charge in [-0.25, -0.2) is 12.8 Å². The van der Waals surface area contributed by atoms with Crippen LogP contribution >= 0.6 is 15.9 Å². The third kappa shape index (κ3) is 4.04. The molecule has 2 aromatic carbocycles. The van der Waals surface area contributed by atoms with Crippen molar-refractivity contribution in [2.45, 2.75) is 17.9 Å². The Morgan fingerprint density at radius 1 is 1.19 bits per heavy atom. The van der Waals surface area contributed by atoms with E-state index in [1.807, 2.05) is 6.92 Å². The Labute approximate surface area is 132 Å². The zero-order valence-corrected chi connectivity index (χ0v) is 14.0. The molecule has 0 saturated carbocycles. The highest BCUT2D eigenvalue weighted by atomic mass is 79.9. The number of nitrogens with one attached hydrogen (secondary N) is 1. The second-order valence-corrected chi connectivity index (χ2v) is 7.76. The van der Waals surface area contributed by atoms with Crippen molar-refractivity contribution in [3.63, 3.8) is 0 Å². The number of halogens is 2. The summed E-state index contributed by atoms with van der Waals surface area (Å²) in [6, 6.07) is 10.9. The Balaban J connectivity index is 2.28. The molecule has 1 atom stereocenters. The van der Waals surface area contributed by atoms with Gasteiger partial charge in [-0.05, 0) is 43.3 Å². The first-order chi connectivity index (χ1) is 9.77. The number of benzene rings is 2. The lowest BCUT2D eigenvalue weighted by Crippen LogP contribution is -2.09. The van der Waals surface area contributed by atoms with Crippen LogP contribution in [0, 0.1) is 5.82 Å². The number of sulfone groups is 1. The molecule has 1 N–H and O–H groups in total. The molecule has 0 saturated heterocycles. The second kappa shape index (κ2) is 6.15. The molecule has 2 aromatic rings. The smallest absolute Gasteiger partial charge is 0.175 e. The average Bonchev–Trinajstić information content (AvgIpc) is 2.41. The van der Waals surface area contributed by atoms with Gasteiger partial charge in [0.25, 0.3) is 0 Å². The molecule has 1 unspecified atom stereocenters.